The van der Waals surface area contributed by atoms with Gasteiger partial charge in [-0.05, 0) is 61.3 Å². The summed E-state index contributed by atoms with van der Waals surface area (Å²) < 4.78 is 5.33. The fourth-order valence-corrected chi connectivity index (χ4v) is 3.97. The number of piperidine rings is 1. The summed E-state index contributed by atoms with van der Waals surface area (Å²) in [5.41, 5.74) is 0.625. The monoisotopic (exact) mass is 399 g/mol. The van der Waals surface area contributed by atoms with Gasteiger partial charge in [0, 0.05) is 19.3 Å². The molecule has 0 atom stereocenters. The molecule has 2 aliphatic heterocycles. The highest BCUT2D eigenvalue weighted by Gasteiger charge is 2.25. The minimum atomic E-state index is -0.377. The molecular formula is C19H21N5O3S. The van der Waals surface area contributed by atoms with E-state index in [-0.39, 0.29) is 11.1 Å². The van der Waals surface area contributed by atoms with Gasteiger partial charge >= 0.3 is 0 Å². The van der Waals surface area contributed by atoms with Gasteiger partial charge in [0.2, 0.25) is 5.95 Å². The van der Waals surface area contributed by atoms with Crippen LogP contribution in [0, 0.1) is 5.92 Å². The zero-order chi connectivity index (χ0) is 19.3. The highest BCUT2D eigenvalue weighted by atomic mass is 32.2. The van der Waals surface area contributed by atoms with Crippen molar-refractivity contribution in [1.29, 1.82) is 0 Å². The summed E-state index contributed by atoms with van der Waals surface area (Å²) >= 11 is 0.891. The van der Waals surface area contributed by atoms with E-state index >= 15 is 0 Å². The number of aromatic nitrogens is 2. The molecule has 9 heteroatoms. The molecule has 28 heavy (non-hydrogen) atoms. The molecule has 2 aromatic rings. The first-order valence-electron chi connectivity index (χ1n) is 9.23. The Morgan fingerprint density at radius 3 is 2.89 bits per heavy atom. The lowest BCUT2D eigenvalue weighted by Gasteiger charge is -2.32. The molecule has 8 nitrogen and oxygen atoms in total. The van der Waals surface area contributed by atoms with Crippen molar-refractivity contribution in [3.05, 3.63) is 47.0 Å². The SMILES string of the molecule is O=C1NC(=O)/C(=C\c2ccnc(N3CCC(CNCc4ccco4)CC3)n2)S1. The Kier molecular flexibility index (Phi) is 5.73. The van der Waals surface area contributed by atoms with Crippen LogP contribution in [0.2, 0.25) is 0 Å². The predicted octanol–water partition coefficient (Wildman–Crippen LogP) is 2.40. The molecule has 2 fully saturated rings. The van der Waals surface area contributed by atoms with Crippen molar-refractivity contribution in [1.82, 2.24) is 20.6 Å². The maximum absolute atomic E-state index is 11.7. The molecule has 146 valence electrons. The first-order valence-corrected chi connectivity index (χ1v) is 10.0. The van der Waals surface area contributed by atoms with E-state index in [0.717, 1.165) is 56.5 Å². The molecule has 2 aliphatic rings. The zero-order valence-corrected chi connectivity index (χ0v) is 16.1. The van der Waals surface area contributed by atoms with Gasteiger partial charge in [0.1, 0.15) is 5.76 Å². The Hall–Kier alpha value is -2.65. The molecule has 2 amide bonds. The van der Waals surface area contributed by atoms with E-state index in [1.54, 1.807) is 24.6 Å². The van der Waals surface area contributed by atoms with Crippen molar-refractivity contribution in [3.8, 4) is 0 Å². The molecule has 0 bridgehead atoms. The zero-order valence-electron chi connectivity index (χ0n) is 15.3. The lowest BCUT2D eigenvalue weighted by molar-refractivity contribution is -0.115. The summed E-state index contributed by atoms with van der Waals surface area (Å²) in [4.78, 5) is 34.4. The Balaban J connectivity index is 1.30. The third-order valence-corrected chi connectivity index (χ3v) is 5.61. The summed E-state index contributed by atoms with van der Waals surface area (Å²) in [6, 6.07) is 5.60. The van der Waals surface area contributed by atoms with Gasteiger partial charge in [-0.2, -0.15) is 0 Å². The number of furan rings is 1. The average Bonchev–Trinajstić information content (AvgIpc) is 3.32. The number of hydrogen-bond donors (Lipinski definition) is 2. The van der Waals surface area contributed by atoms with E-state index in [2.05, 4.69) is 25.5 Å². The number of hydrogen-bond acceptors (Lipinski definition) is 8. The number of imide groups is 1. The van der Waals surface area contributed by atoms with Crippen molar-refractivity contribution in [2.24, 2.45) is 5.92 Å². The summed E-state index contributed by atoms with van der Waals surface area (Å²) in [5, 5.41) is 5.34. The lowest BCUT2D eigenvalue weighted by Crippen LogP contribution is -2.38. The summed E-state index contributed by atoms with van der Waals surface area (Å²) in [6.45, 7) is 3.49. The van der Waals surface area contributed by atoms with Gasteiger partial charge in [0.05, 0.1) is 23.4 Å². The van der Waals surface area contributed by atoms with Crippen LogP contribution in [0.25, 0.3) is 6.08 Å². The van der Waals surface area contributed by atoms with Crippen LogP contribution in [0.5, 0.6) is 0 Å². The van der Waals surface area contributed by atoms with E-state index in [1.807, 2.05) is 12.1 Å². The van der Waals surface area contributed by atoms with Gasteiger partial charge in [-0.25, -0.2) is 9.97 Å². The Labute approximate surface area is 166 Å². The van der Waals surface area contributed by atoms with Gasteiger partial charge in [-0.1, -0.05) is 0 Å². The number of nitrogens with one attached hydrogen (secondary N) is 2. The van der Waals surface area contributed by atoms with Crippen LogP contribution in [0.4, 0.5) is 10.7 Å². The number of thioether (sulfide) groups is 1. The Morgan fingerprint density at radius 1 is 1.32 bits per heavy atom. The summed E-state index contributed by atoms with van der Waals surface area (Å²) in [6.07, 6.45) is 7.13. The minimum absolute atomic E-state index is 0.353. The van der Waals surface area contributed by atoms with Crippen molar-refractivity contribution < 1.29 is 14.0 Å². The second-order valence-corrected chi connectivity index (χ2v) is 7.79. The van der Waals surface area contributed by atoms with Gasteiger partial charge in [-0.15, -0.1) is 0 Å². The fraction of sp³-hybridized carbons (Fsp3) is 0.368. The Bertz CT molecular complexity index is 875. The second kappa shape index (κ2) is 8.57. The third kappa shape index (κ3) is 4.60. The van der Waals surface area contributed by atoms with Crippen molar-refractivity contribution in [3.63, 3.8) is 0 Å². The molecule has 0 aliphatic carbocycles. The van der Waals surface area contributed by atoms with Crippen LogP contribution in [0.15, 0.2) is 40.0 Å². The van der Waals surface area contributed by atoms with Crippen molar-refractivity contribution in [2.45, 2.75) is 19.4 Å². The van der Waals surface area contributed by atoms with Gasteiger partial charge in [-0.3, -0.25) is 14.9 Å². The van der Waals surface area contributed by atoms with Crippen molar-refractivity contribution >= 4 is 34.9 Å². The second-order valence-electron chi connectivity index (χ2n) is 6.77. The first-order chi connectivity index (χ1) is 13.7. The average molecular weight is 399 g/mol. The highest BCUT2D eigenvalue weighted by Crippen LogP contribution is 2.26. The summed E-state index contributed by atoms with van der Waals surface area (Å²) in [7, 11) is 0. The highest BCUT2D eigenvalue weighted by molar-refractivity contribution is 8.18. The number of carbonyl (C=O) groups is 2. The molecule has 0 unspecified atom stereocenters. The number of rotatable bonds is 6. The maximum Gasteiger partial charge on any atom is 0.290 e. The third-order valence-electron chi connectivity index (χ3n) is 4.80. The topological polar surface area (TPSA) is 100 Å². The van der Waals surface area contributed by atoms with E-state index in [4.69, 9.17) is 4.42 Å². The standard InChI is InChI=1S/C19H21N5O3S/c25-17-16(28-19(26)23-17)10-14-3-6-21-18(22-14)24-7-4-13(5-8-24)11-20-12-15-2-1-9-27-15/h1-3,6,9-10,13,20H,4-5,7-8,11-12H2,(H,23,25,26)/b16-10+. The molecular weight excluding hydrogens is 378 g/mol. The normalized spacial score (nSPS) is 19.4. The maximum atomic E-state index is 11.7. The minimum Gasteiger partial charge on any atom is -0.468 e. The molecule has 4 rings (SSSR count). The largest absolute Gasteiger partial charge is 0.468 e. The lowest BCUT2D eigenvalue weighted by atomic mass is 9.97. The molecule has 2 N–H and O–H groups in total. The van der Waals surface area contributed by atoms with E-state index in [1.165, 1.54) is 0 Å². The van der Waals surface area contributed by atoms with Gasteiger partial charge < -0.3 is 14.6 Å². The number of anilines is 1. The Morgan fingerprint density at radius 2 is 2.18 bits per heavy atom. The molecule has 0 saturated carbocycles. The van der Waals surface area contributed by atoms with E-state index in [0.29, 0.717) is 22.5 Å². The molecule has 0 spiro atoms. The van der Waals surface area contributed by atoms with Crippen LogP contribution >= 0.6 is 11.8 Å². The van der Waals surface area contributed by atoms with Crippen LogP contribution in [-0.2, 0) is 11.3 Å². The fourth-order valence-electron chi connectivity index (χ4n) is 3.30. The number of amides is 2. The van der Waals surface area contributed by atoms with Crippen LogP contribution in [0.3, 0.4) is 0 Å². The molecule has 4 heterocycles. The van der Waals surface area contributed by atoms with E-state index in [9.17, 15) is 9.59 Å². The predicted molar refractivity (Wildman–Crippen MR) is 106 cm³/mol. The van der Waals surface area contributed by atoms with E-state index < -0.39 is 0 Å². The summed E-state index contributed by atoms with van der Waals surface area (Å²) in [5.74, 6) is 1.85. The molecule has 0 radical (unpaired) electrons. The van der Waals surface area contributed by atoms with Crippen LogP contribution in [0.1, 0.15) is 24.3 Å². The van der Waals surface area contributed by atoms with Gasteiger partial charge in [0.25, 0.3) is 11.1 Å². The molecule has 2 aromatic heterocycles. The molecule has 2 saturated heterocycles. The smallest absolute Gasteiger partial charge is 0.290 e. The van der Waals surface area contributed by atoms with Crippen LogP contribution < -0.4 is 15.5 Å². The van der Waals surface area contributed by atoms with Crippen molar-refractivity contribution in [2.75, 3.05) is 24.5 Å². The first kappa shape index (κ1) is 18.7. The molecule has 0 aromatic carbocycles. The quantitative estimate of drug-likeness (QED) is 0.714. The van der Waals surface area contributed by atoms with Gasteiger partial charge in [0.15, 0.2) is 0 Å². The number of carbonyl (C=O) groups excluding carboxylic acids is 2. The van der Waals surface area contributed by atoms with Crippen LogP contribution in [-0.4, -0.2) is 40.7 Å². The number of nitrogens with zero attached hydrogens (tertiary/aromatic N) is 3.